The van der Waals surface area contributed by atoms with Crippen molar-refractivity contribution in [2.75, 3.05) is 31.6 Å². The van der Waals surface area contributed by atoms with Crippen molar-refractivity contribution in [3.63, 3.8) is 0 Å². The lowest BCUT2D eigenvalue weighted by Crippen LogP contribution is -2.54. The number of aryl methyl sites for hydroxylation is 1. The Labute approximate surface area is 178 Å². The minimum atomic E-state index is 0.268. The second-order valence-corrected chi connectivity index (χ2v) is 8.78. The standard InChI is InChI=1S/C24H30N4O2/c1-16-11-23(25-19-7-4-10-28(13-19)20-14-30-15-20)26-27-24(16)21-9-8-18(12-22(21)29)17-5-2-3-6-17/h5,8-9,11-12,19-20,29H,2-4,6-7,10,13-15H2,1H3,(H,25,26). The number of phenolic OH excluding ortho intramolecular Hbond substituents is 1. The van der Waals surface area contributed by atoms with Gasteiger partial charge >= 0.3 is 0 Å². The fourth-order valence-corrected chi connectivity index (χ4v) is 4.79. The van der Waals surface area contributed by atoms with Crippen molar-refractivity contribution >= 4 is 11.4 Å². The van der Waals surface area contributed by atoms with E-state index in [1.54, 1.807) is 0 Å². The molecule has 1 atom stereocenters. The van der Waals surface area contributed by atoms with Gasteiger partial charge in [-0.2, -0.15) is 0 Å². The summed E-state index contributed by atoms with van der Waals surface area (Å²) >= 11 is 0. The van der Waals surface area contributed by atoms with Crippen molar-refractivity contribution in [2.45, 2.75) is 51.1 Å². The van der Waals surface area contributed by atoms with Gasteiger partial charge in [0.1, 0.15) is 11.6 Å². The zero-order valence-electron chi connectivity index (χ0n) is 17.6. The average molecular weight is 407 g/mol. The molecule has 2 N–H and O–H groups in total. The number of aromatic nitrogens is 2. The Morgan fingerprint density at radius 3 is 2.77 bits per heavy atom. The molecule has 0 spiro atoms. The van der Waals surface area contributed by atoms with E-state index in [9.17, 15) is 5.11 Å². The van der Waals surface area contributed by atoms with Crippen LogP contribution in [0.25, 0.3) is 16.8 Å². The molecule has 2 aliphatic heterocycles. The predicted molar refractivity (Wildman–Crippen MR) is 119 cm³/mol. The number of ether oxygens (including phenoxy) is 1. The van der Waals surface area contributed by atoms with Gasteiger partial charge in [0.2, 0.25) is 0 Å². The predicted octanol–water partition coefficient (Wildman–Crippen LogP) is 4.00. The molecule has 3 heterocycles. The first kappa shape index (κ1) is 19.5. The van der Waals surface area contributed by atoms with E-state index >= 15 is 0 Å². The smallest absolute Gasteiger partial charge is 0.149 e. The molecule has 1 aromatic carbocycles. The zero-order valence-corrected chi connectivity index (χ0v) is 17.6. The lowest BCUT2D eigenvalue weighted by molar-refractivity contribution is -0.0710. The lowest BCUT2D eigenvalue weighted by Gasteiger charge is -2.42. The molecular weight excluding hydrogens is 376 g/mol. The highest BCUT2D eigenvalue weighted by Crippen LogP contribution is 2.35. The number of piperidine rings is 1. The van der Waals surface area contributed by atoms with E-state index in [2.05, 4.69) is 32.6 Å². The van der Waals surface area contributed by atoms with Crippen molar-refractivity contribution in [3.8, 4) is 17.0 Å². The molecule has 2 aromatic rings. The molecule has 0 saturated carbocycles. The van der Waals surface area contributed by atoms with Crippen LogP contribution in [0.15, 0.2) is 30.3 Å². The number of nitrogens with zero attached hydrogens (tertiary/aromatic N) is 3. The maximum atomic E-state index is 10.6. The first-order valence-corrected chi connectivity index (χ1v) is 11.1. The Hall–Kier alpha value is -2.44. The number of nitrogens with one attached hydrogen (secondary N) is 1. The Balaban J connectivity index is 1.30. The summed E-state index contributed by atoms with van der Waals surface area (Å²) in [5.41, 5.74) is 4.92. The number of anilines is 1. The van der Waals surface area contributed by atoms with Crippen molar-refractivity contribution in [3.05, 3.63) is 41.5 Å². The number of hydrogen-bond acceptors (Lipinski definition) is 6. The number of rotatable bonds is 5. The highest BCUT2D eigenvalue weighted by atomic mass is 16.5. The molecule has 30 heavy (non-hydrogen) atoms. The molecule has 2 saturated heterocycles. The monoisotopic (exact) mass is 406 g/mol. The van der Waals surface area contributed by atoms with Crippen LogP contribution >= 0.6 is 0 Å². The molecule has 1 unspecified atom stereocenters. The van der Waals surface area contributed by atoms with Crippen molar-refractivity contribution < 1.29 is 9.84 Å². The molecule has 1 aliphatic carbocycles. The Bertz CT molecular complexity index is 954. The van der Waals surface area contributed by atoms with E-state index in [-0.39, 0.29) is 5.75 Å². The van der Waals surface area contributed by atoms with Crippen molar-refractivity contribution in [1.29, 1.82) is 0 Å². The molecule has 6 nitrogen and oxygen atoms in total. The normalized spacial score (nSPS) is 22.6. The largest absolute Gasteiger partial charge is 0.507 e. The van der Waals surface area contributed by atoms with Gasteiger partial charge in [0.05, 0.1) is 24.9 Å². The topological polar surface area (TPSA) is 70.5 Å². The van der Waals surface area contributed by atoms with Crippen LogP contribution in [0.5, 0.6) is 5.75 Å². The third kappa shape index (κ3) is 3.94. The fourth-order valence-electron chi connectivity index (χ4n) is 4.79. The summed E-state index contributed by atoms with van der Waals surface area (Å²) in [6.07, 6.45) is 8.02. The average Bonchev–Trinajstić information content (AvgIpc) is 3.22. The van der Waals surface area contributed by atoms with E-state index in [0.29, 0.717) is 12.1 Å². The van der Waals surface area contributed by atoms with Gasteiger partial charge in [0.15, 0.2) is 0 Å². The molecule has 2 fully saturated rings. The van der Waals surface area contributed by atoms with Crippen LogP contribution in [-0.2, 0) is 4.74 Å². The van der Waals surface area contributed by atoms with Gasteiger partial charge in [-0.1, -0.05) is 12.1 Å². The van der Waals surface area contributed by atoms with Crippen LogP contribution in [0.1, 0.15) is 43.2 Å². The summed E-state index contributed by atoms with van der Waals surface area (Å²) in [4.78, 5) is 2.53. The van der Waals surface area contributed by atoms with Gasteiger partial charge in [0, 0.05) is 18.2 Å². The second kappa shape index (κ2) is 8.36. The van der Waals surface area contributed by atoms with Gasteiger partial charge < -0.3 is 15.2 Å². The van der Waals surface area contributed by atoms with Gasteiger partial charge in [-0.15, -0.1) is 10.2 Å². The summed E-state index contributed by atoms with van der Waals surface area (Å²) in [6, 6.07) is 8.91. The zero-order chi connectivity index (χ0) is 20.5. The van der Waals surface area contributed by atoms with E-state index in [4.69, 9.17) is 4.74 Å². The summed E-state index contributed by atoms with van der Waals surface area (Å²) in [6.45, 7) is 5.93. The van der Waals surface area contributed by atoms with Gasteiger partial charge in [0.25, 0.3) is 0 Å². The maximum absolute atomic E-state index is 10.6. The Morgan fingerprint density at radius 1 is 1.17 bits per heavy atom. The minimum Gasteiger partial charge on any atom is -0.507 e. The van der Waals surface area contributed by atoms with Crippen LogP contribution in [0, 0.1) is 6.92 Å². The Kier molecular flexibility index (Phi) is 5.44. The van der Waals surface area contributed by atoms with E-state index < -0.39 is 0 Å². The third-order valence-corrected chi connectivity index (χ3v) is 6.59. The molecule has 1 aromatic heterocycles. The molecule has 6 heteroatoms. The summed E-state index contributed by atoms with van der Waals surface area (Å²) in [5, 5.41) is 23.1. The highest BCUT2D eigenvalue weighted by Gasteiger charge is 2.30. The lowest BCUT2D eigenvalue weighted by atomic mass is 9.99. The highest BCUT2D eigenvalue weighted by molar-refractivity contribution is 5.76. The first-order chi connectivity index (χ1) is 14.7. The van der Waals surface area contributed by atoms with E-state index in [0.717, 1.165) is 73.8 Å². The van der Waals surface area contributed by atoms with Crippen LogP contribution < -0.4 is 5.32 Å². The number of likely N-dealkylation sites (tertiary alicyclic amines) is 1. The van der Waals surface area contributed by atoms with Crippen molar-refractivity contribution in [2.24, 2.45) is 0 Å². The first-order valence-electron chi connectivity index (χ1n) is 11.1. The number of allylic oxidation sites excluding steroid dienone is 2. The van der Waals surface area contributed by atoms with Gasteiger partial charge in [-0.05, 0) is 80.5 Å². The van der Waals surface area contributed by atoms with Crippen LogP contribution in [0.3, 0.4) is 0 Å². The summed E-state index contributed by atoms with van der Waals surface area (Å²) in [5.74, 6) is 1.07. The molecule has 5 rings (SSSR count). The van der Waals surface area contributed by atoms with Crippen LogP contribution in [0.2, 0.25) is 0 Å². The minimum absolute atomic E-state index is 0.268. The summed E-state index contributed by atoms with van der Waals surface area (Å²) in [7, 11) is 0. The van der Waals surface area contributed by atoms with E-state index in [1.807, 2.05) is 25.1 Å². The molecule has 0 bridgehead atoms. The fraction of sp³-hybridized carbons (Fsp3) is 0.500. The third-order valence-electron chi connectivity index (χ3n) is 6.59. The van der Waals surface area contributed by atoms with Gasteiger partial charge in [-0.25, -0.2) is 0 Å². The number of phenols is 1. The SMILES string of the molecule is Cc1cc(NC2CCCN(C3COC3)C2)nnc1-c1ccc(C2=CCCC2)cc1O. The van der Waals surface area contributed by atoms with Gasteiger partial charge in [-0.3, -0.25) is 4.90 Å². The summed E-state index contributed by atoms with van der Waals surface area (Å²) < 4.78 is 5.35. The van der Waals surface area contributed by atoms with Crippen LogP contribution in [-0.4, -0.2) is 58.6 Å². The molecule has 0 radical (unpaired) electrons. The maximum Gasteiger partial charge on any atom is 0.149 e. The number of hydrogen-bond donors (Lipinski definition) is 2. The molecule has 3 aliphatic rings. The van der Waals surface area contributed by atoms with E-state index in [1.165, 1.54) is 18.4 Å². The number of benzene rings is 1. The second-order valence-electron chi connectivity index (χ2n) is 8.78. The molecule has 158 valence electrons. The van der Waals surface area contributed by atoms with Crippen molar-refractivity contribution in [1.82, 2.24) is 15.1 Å². The number of aromatic hydroxyl groups is 1. The van der Waals surface area contributed by atoms with Crippen LogP contribution in [0.4, 0.5) is 5.82 Å². The quantitative estimate of drug-likeness (QED) is 0.782. The molecular formula is C24H30N4O2. The molecule has 0 amide bonds. The Morgan fingerprint density at radius 2 is 2.07 bits per heavy atom.